The Morgan fingerprint density at radius 3 is 2.35 bits per heavy atom. The van der Waals surface area contributed by atoms with Crippen LogP contribution >= 0.6 is 12.4 Å². The SMILES string of the molecule is Cl.O=C(c1ccc(OCCN2CCCCC2)cc1)c1c(-c2ccc(O)cc2)oc2ccccc12. The molecule has 0 aliphatic carbocycles. The Hall–Kier alpha value is -3.28. The first kappa shape index (κ1) is 23.9. The van der Waals surface area contributed by atoms with Gasteiger partial charge in [0.1, 0.15) is 29.4 Å². The zero-order valence-electron chi connectivity index (χ0n) is 18.9. The average Bonchev–Trinajstić information content (AvgIpc) is 3.25. The predicted octanol–water partition coefficient (Wildman–Crippen LogP) is 6.32. The molecule has 6 heteroatoms. The van der Waals surface area contributed by atoms with Gasteiger partial charge in [-0.15, -0.1) is 12.4 Å². The van der Waals surface area contributed by atoms with Gasteiger partial charge < -0.3 is 14.3 Å². The number of likely N-dealkylation sites (tertiary alicyclic amines) is 1. The second-order valence-electron chi connectivity index (χ2n) is 8.45. The van der Waals surface area contributed by atoms with Crippen LogP contribution in [0.1, 0.15) is 35.2 Å². The molecule has 0 amide bonds. The molecule has 1 fully saturated rings. The molecule has 176 valence electrons. The van der Waals surface area contributed by atoms with E-state index in [0.29, 0.717) is 29.1 Å². The molecule has 3 aromatic carbocycles. The van der Waals surface area contributed by atoms with Crippen LogP contribution in [0, 0.1) is 0 Å². The summed E-state index contributed by atoms with van der Waals surface area (Å²) in [7, 11) is 0. The summed E-state index contributed by atoms with van der Waals surface area (Å²) in [5, 5.41) is 10.4. The van der Waals surface area contributed by atoms with Crippen LogP contribution in [0.3, 0.4) is 0 Å². The van der Waals surface area contributed by atoms with Gasteiger partial charge in [-0.2, -0.15) is 0 Å². The van der Waals surface area contributed by atoms with Crippen molar-refractivity contribution in [2.24, 2.45) is 0 Å². The molecule has 34 heavy (non-hydrogen) atoms. The van der Waals surface area contributed by atoms with Gasteiger partial charge in [0.15, 0.2) is 5.78 Å². The molecule has 1 N–H and O–H groups in total. The third-order valence-corrected chi connectivity index (χ3v) is 6.19. The fraction of sp³-hybridized carbons (Fsp3) is 0.250. The molecule has 0 bridgehead atoms. The molecule has 0 atom stereocenters. The van der Waals surface area contributed by atoms with Crippen molar-refractivity contribution in [3.63, 3.8) is 0 Å². The van der Waals surface area contributed by atoms with Gasteiger partial charge in [0.05, 0.1) is 5.56 Å². The van der Waals surface area contributed by atoms with E-state index in [0.717, 1.165) is 36.3 Å². The van der Waals surface area contributed by atoms with E-state index >= 15 is 0 Å². The summed E-state index contributed by atoms with van der Waals surface area (Å²) < 4.78 is 12.0. The Labute approximate surface area is 205 Å². The van der Waals surface area contributed by atoms with E-state index in [1.807, 2.05) is 36.4 Å². The van der Waals surface area contributed by atoms with Crippen molar-refractivity contribution in [3.8, 4) is 22.8 Å². The van der Waals surface area contributed by atoms with Gasteiger partial charge in [-0.05, 0) is 80.5 Å². The molecule has 5 rings (SSSR count). The highest BCUT2D eigenvalue weighted by atomic mass is 35.5. The van der Waals surface area contributed by atoms with Gasteiger partial charge in [-0.3, -0.25) is 9.69 Å². The third-order valence-electron chi connectivity index (χ3n) is 6.19. The summed E-state index contributed by atoms with van der Waals surface area (Å²) in [6, 6.07) is 21.5. The number of para-hydroxylation sites is 1. The Morgan fingerprint density at radius 1 is 0.912 bits per heavy atom. The first-order valence-corrected chi connectivity index (χ1v) is 11.5. The molecule has 4 aromatic rings. The van der Waals surface area contributed by atoms with Gasteiger partial charge in [-0.25, -0.2) is 0 Å². The van der Waals surface area contributed by atoms with Crippen LogP contribution in [0.2, 0.25) is 0 Å². The summed E-state index contributed by atoms with van der Waals surface area (Å²) in [4.78, 5) is 16.0. The van der Waals surface area contributed by atoms with E-state index in [2.05, 4.69) is 4.90 Å². The zero-order valence-corrected chi connectivity index (χ0v) is 19.7. The van der Waals surface area contributed by atoms with Crippen molar-refractivity contribution in [3.05, 3.63) is 83.9 Å². The smallest absolute Gasteiger partial charge is 0.197 e. The number of hydrogen-bond donors (Lipinski definition) is 1. The molecule has 1 aromatic heterocycles. The van der Waals surface area contributed by atoms with Gasteiger partial charge in [0.25, 0.3) is 0 Å². The van der Waals surface area contributed by atoms with Crippen LogP contribution < -0.4 is 4.74 Å². The van der Waals surface area contributed by atoms with E-state index in [1.54, 1.807) is 36.4 Å². The highest BCUT2D eigenvalue weighted by Gasteiger charge is 2.23. The maximum atomic E-state index is 13.6. The fourth-order valence-electron chi connectivity index (χ4n) is 4.41. The zero-order chi connectivity index (χ0) is 22.6. The molecular weight excluding hydrogens is 450 g/mol. The van der Waals surface area contributed by atoms with Crippen molar-refractivity contribution in [1.82, 2.24) is 4.90 Å². The second kappa shape index (κ2) is 10.8. The summed E-state index contributed by atoms with van der Waals surface area (Å²) in [6.07, 6.45) is 3.87. The van der Waals surface area contributed by atoms with E-state index in [4.69, 9.17) is 9.15 Å². The lowest BCUT2D eigenvalue weighted by Gasteiger charge is -2.26. The third kappa shape index (κ3) is 5.11. The molecule has 5 nitrogen and oxygen atoms in total. The van der Waals surface area contributed by atoms with Crippen molar-refractivity contribution >= 4 is 29.2 Å². The molecule has 0 radical (unpaired) electrons. The second-order valence-corrected chi connectivity index (χ2v) is 8.45. The largest absolute Gasteiger partial charge is 0.508 e. The van der Waals surface area contributed by atoms with E-state index in [1.165, 1.54) is 19.3 Å². The Morgan fingerprint density at radius 2 is 1.62 bits per heavy atom. The van der Waals surface area contributed by atoms with Crippen molar-refractivity contribution in [2.75, 3.05) is 26.2 Å². The van der Waals surface area contributed by atoms with Gasteiger partial charge >= 0.3 is 0 Å². The lowest BCUT2D eigenvalue weighted by Crippen LogP contribution is -2.33. The minimum Gasteiger partial charge on any atom is -0.508 e. The maximum absolute atomic E-state index is 13.6. The highest BCUT2D eigenvalue weighted by Crippen LogP contribution is 2.36. The minimum atomic E-state index is -0.108. The number of hydrogen-bond acceptors (Lipinski definition) is 5. The number of nitrogens with zero attached hydrogens (tertiary/aromatic N) is 1. The van der Waals surface area contributed by atoms with Crippen LogP contribution in [-0.4, -0.2) is 42.0 Å². The monoisotopic (exact) mass is 477 g/mol. The number of benzene rings is 3. The van der Waals surface area contributed by atoms with Crippen LogP contribution in [0.25, 0.3) is 22.3 Å². The maximum Gasteiger partial charge on any atom is 0.197 e. The lowest BCUT2D eigenvalue weighted by atomic mass is 9.97. The number of rotatable bonds is 7. The number of phenolic OH excluding ortho intramolecular Hbond substituents is 1. The predicted molar refractivity (Wildman–Crippen MR) is 136 cm³/mol. The van der Waals surface area contributed by atoms with Crippen molar-refractivity contribution in [2.45, 2.75) is 19.3 Å². The van der Waals surface area contributed by atoms with Gasteiger partial charge in [0.2, 0.25) is 0 Å². The Kier molecular flexibility index (Phi) is 7.56. The Balaban J connectivity index is 0.00000274. The number of ketones is 1. The van der Waals surface area contributed by atoms with Crippen LogP contribution in [0.15, 0.2) is 77.2 Å². The summed E-state index contributed by atoms with van der Waals surface area (Å²) in [6.45, 7) is 3.87. The highest BCUT2D eigenvalue weighted by molar-refractivity contribution is 6.19. The molecule has 0 saturated carbocycles. The number of halogens is 1. The molecule has 1 aliphatic heterocycles. The summed E-state index contributed by atoms with van der Waals surface area (Å²) >= 11 is 0. The molecule has 1 aliphatic rings. The number of ether oxygens (including phenoxy) is 1. The number of fused-ring (bicyclic) bond motifs is 1. The van der Waals surface area contributed by atoms with Crippen LogP contribution in [0.4, 0.5) is 0 Å². The number of carbonyl (C=O) groups is 1. The molecule has 1 saturated heterocycles. The van der Waals surface area contributed by atoms with E-state index in [9.17, 15) is 9.90 Å². The van der Waals surface area contributed by atoms with Crippen LogP contribution in [0.5, 0.6) is 11.5 Å². The van der Waals surface area contributed by atoms with Crippen molar-refractivity contribution in [1.29, 1.82) is 0 Å². The molecular formula is C28H28ClNO4. The Bertz CT molecular complexity index is 1240. The standard InChI is InChI=1S/C28H27NO4.ClH/c30-22-12-8-21(9-13-22)28-26(24-6-2-3-7-25(24)33-28)27(31)20-10-14-23(15-11-20)32-19-18-29-16-4-1-5-17-29;/h2-3,6-15,30H,1,4-5,16-19H2;1H. The molecule has 0 unspecified atom stereocenters. The quantitative estimate of drug-likeness (QED) is 0.315. The molecule has 2 heterocycles. The number of furan rings is 1. The fourth-order valence-corrected chi connectivity index (χ4v) is 4.41. The van der Waals surface area contributed by atoms with E-state index in [-0.39, 0.29) is 23.9 Å². The van der Waals surface area contributed by atoms with Crippen LogP contribution in [-0.2, 0) is 0 Å². The summed E-state index contributed by atoms with van der Waals surface area (Å²) in [5.74, 6) is 1.32. The van der Waals surface area contributed by atoms with E-state index < -0.39 is 0 Å². The first-order chi connectivity index (χ1) is 16.2. The minimum absolute atomic E-state index is 0. The number of aromatic hydroxyl groups is 1. The van der Waals surface area contributed by atoms with Gasteiger partial charge in [0, 0.05) is 23.1 Å². The number of piperidine rings is 1. The average molecular weight is 478 g/mol. The summed E-state index contributed by atoms with van der Waals surface area (Å²) in [5.41, 5.74) is 2.49. The van der Waals surface area contributed by atoms with Gasteiger partial charge in [-0.1, -0.05) is 24.6 Å². The normalized spacial score (nSPS) is 14.0. The topological polar surface area (TPSA) is 62.9 Å². The lowest BCUT2D eigenvalue weighted by molar-refractivity contribution is 0.104. The first-order valence-electron chi connectivity index (χ1n) is 11.5. The van der Waals surface area contributed by atoms with Crippen molar-refractivity contribution < 1.29 is 19.1 Å². The number of carbonyl (C=O) groups excluding carboxylic acids is 1. The number of phenols is 1. The molecule has 0 spiro atoms.